The summed E-state index contributed by atoms with van der Waals surface area (Å²) in [7, 11) is 0. The first-order valence-electron chi connectivity index (χ1n) is 9.30. The van der Waals surface area contributed by atoms with E-state index in [9.17, 15) is 13.6 Å². The van der Waals surface area contributed by atoms with E-state index in [4.69, 9.17) is 4.74 Å². The zero-order chi connectivity index (χ0) is 20.2. The molecular formula is C20H19F2N5O2. The lowest BCUT2D eigenvalue weighted by Gasteiger charge is -2.33. The summed E-state index contributed by atoms with van der Waals surface area (Å²) in [6.07, 6.45) is 5.79. The minimum absolute atomic E-state index is 0.0967. The van der Waals surface area contributed by atoms with Gasteiger partial charge in [-0.3, -0.25) is 4.79 Å². The Hall–Kier alpha value is -3.36. The highest BCUT2D eigenvalue weighted by Crippen LogP contribution is 2.23. The normalized spacial score (nSPS) is 16.6. The summed E-state index contributed by atoms with van der Waals surface area (Å²) in [6.45, 7) is 1.41. The minimum Gasteiger partial charge on any atom is -0.477 e. The molecule has 0 N–H and O–H groups in total. The number of ether oxygens (including phenoxy) is 1. The van der Waals surface area contributed by atoms with Crippen molar-refractivity contribution in [3.05, 3.63) is 66.1 Å². The van der Waals surface area contributed by atoms with Gasteiger partial charge in [-0.05, 0) is 37.1 Å². The topological polar surface area (TPSA) is 73.1 Å². The van der Waals surface area contributed by atoms with E-state index < -0.39 is 11.6 Å². The number of aromatic nitrogens is 4. The number of amides is 1. The van der Waals surface area contributed by atoms with E-state index in [1.54, 1.807) is 4.90 Å². The van der Waals surface area contributed by atoms with Crippen molar-refractivity contribution in [1.29, 1.82) is 0 Å². The molecular weight excluding hydrogens is 380 g/mol. The van der Waals surface area contributed by atoms with Gasteiger partial charge in [-0.15, -0.1) is 0 Å². The Bertz CT molecular complexity index is 979. The summed E-state index contributed by atoms with van der Waals surface area (Å²) in [5, 5.41) is 8.09. The van der Waals surface area contributed by atoms with Gasteiger partial charge < -0.3 is 9.64 Å². The van der Waals surface area contributed by atoms with Crippen LogP contribution in [-0.2, 0) is 0 Å². The van der Waals surface area contributed by atoms with Crippen molar-refractivity contribution in [2.24, 2.45) is 5.92 Å². The third-order valence-electron chi connectivity index (χ3n) is 4.80. The molecule has 1 saturated heterocycles. The van der Waals surface area contributed by atoms with Gasteiger partial charge in [-0.1, -0.05) is 0 Å². The molecule has 3 heterocycles. The Kier molecular flexibility index (Phi) is 5.46. The van der Waals surface area contributed by atoms with Gasteiger partial charge >= 0.3 is 0 Å². The zero-order valence-corrected chi connectivity index (χ0v) is 15.5. The SMILES string of the molecule is O=C(c1cc(F)ccc1-n1nccn1)N1CCCC(COc2ccc(F)cn2)C1. The summed E-state index contributed by atoms with van der Waals surface area (Å²) in [6, 6.07) is 6.74. The van der Waals surface area contributed by atoms with Crippen LogP contribution in [0.3, 0.4) is 0 Å². The number of hydrogen-bond donors (Lipinski definition) is 0. The van der Waals surface area contributed by atoms with Crippen LogP contribution in [0.2, 0.25) is 0 Å². The summed E-state index contributed by atoms with van der Waals surface area (Å²) < 4.78 is 32.4. The highest BCUT2D eigenvalue weighted by Gasteiger charge is 2.27. The molecule has 1 unspecified atom stereocenters. The van der Waals surface area contributed by atoms with Gasteiger partial charge in [0, 0.05) is 25.1 Å². The Balaban J connectivity index is 1.46. The molecule has 1 aliphatic rings. The average Bonchev–Trinajstić information content (AvgIpc) is 3.28. The third kappa shape index (κ3) is 4.39. The lowest BCUT2D eigenvalue weighted by Crippen LogP contribution is -2.42. The number of pyridine rings is 1. The van der Waals surface area contributed by atoms with E-state index in [0.717, 1.165) is 19.0 Å². The molecule has 1 fully saturated rings. The molecule has 3 aromatic rings. The van der Waals surface area contributed by atoms with Crippen LogP contribution >= 0.6 is 0 Å². The Labute approximate surface area is 165 Å². The number of rotatable bonds is 5. The van der Waals surface area contributed by atoms with Crippen molar-refractivity contribution < 1.29 is 18.3 Å². The number of likely N-dealkylation sites (tertiary alicyclic amines) is 1. The molecule has 0 saturated carbocycles. The largest absolute Gasteiger partial charge is 0.477 e. The van der Waals surface area contributed by atoms with Crippen molar-refractivity contribution in [3.63, 3.8) is 0 Å². The van der Waals surface area contributed by atoms with E-state index in [0.29, 0.717) is 31.3 Å². The van der Waals surface area contributed by atoms with Gasteiger partial charge in [-0.2, -0.15) is 15.0 Å². The lowest BCUT2D eigenvalue weighted by atomic mass is 9.98. The van der Waals surface area contributed by atoms with Gasteiger partial charge in [0.2, 0.25) is 5.88 Å². The summed E-state index contributed by atoms with van der Waals surface area (Å²) in [5.41, 5.74) is 0.637. The van der Waals surface area contributed by atoms with Crippen LogP contribution in [0.25, 0.3) is 5.69 Å². The summed E-state index contributed by atoms with van der Waals surface area (Å²) in [5.74, 6) is -0.763. The molecule has 0 spiro atoms. The van der Waals surface area contributed by atoms with Crippen molar-refractivity contribution in [3.8, 4) is 11.6 Å². The van der Waals surface area contributed by atoms with Crippen molar-refractivity contribution in [2.45, 2.75) is 12.8 Å². The van der Waals surface area contributed by atoms with Gasteiger partial charge in [0.05, 0.1) is 36.4 Å². The van der Waals surface area contributed by atoms with E-state index in [-0.39, 0.29) is 17.4 Å². The maximum absolute atomic E-state index is 13.9. The molecule has 7 nitrogen and oxygen atoms in total. The van der Waals surface area contributed by atoms with Crippen LogP contribution in [0.15, 0.2) is 48.9 Å². The number of carbonyl (C=O) groups is 1. The van der Waals surface area contributed by atoms with Crippen LogP contribution in [-0.4, -0.2) is 50.5 Å². The van der Waals surface area contributed by atoms with Crippen LogP contribution < -0.4 is 4.74 Å². The smallest absolute Gasteiger partial charge is 0.256 e. The van der Waals surface area contributed by atoms with Gasteiger partial charge in [-0.25, -0.2) is 13.8 Å². The van der Waals surface area contributed by atoms with Crippen molar-refractivity contribution in [1.82, 2.24) is 24.9 Å². The first-order chi connectivity index (χ1) is 14.1. The maximum atomic E-state index is 13.9. The fourth-order valence-electron chi connectivity index (χ4n) is 3.40. The van der Waals surface area contributed by atoms with Crippen LogP contribution in [0, 0.1) is 17.6 Å². The molecule has 0 bridgehead atoms. The number of benzene rings is 1. The fraction of sp³-hybridized carbons (Fsp3) is 0.300. The van der Waals surface area contributed by atoms with Crippen LogP contribution in [0.5, 0.6) is 5.88 Å². The second-order valence-corrected chi connectivity index (χ2v) is 6.87. The summed E-state index contributed by atoms with van der Waals surface area (Å²) in [4.78, 5) is 20.0. The van der Waals surface area contributed by atoms with Gasteiger partial charge in [0.25, 0.3) is 5.91 Å². The number of piperidine rings is 1. The molecule has 4 rings (SSSR count). The first-order valence-corrected chi connectivity index (χ1v) is 9.30. The first kappa shape index (κ1) is 19.0. The number of carbonyl (C=O) groups excluding carboxylic acids is 1. The van der Waals surface area contributed by atoms with E-state index in [1.807, 2.05) is 0 Å². The second-order valence-electron chi connectivity index (χ2n) is 6.87. The lowest BCUT2D eigenvalue weighted by molar-refractivity contribution is 0.0630. The van der Waals surface area contributed by atoms with Gasteiger partial charge in [0.1, 0.15) is 11.6 Å². The van der Waals surface area contributed by atoms with Crippen molar-refractivity contribution in [2.75, 3.05) is 19.7 Å². The number of halogens is 2. The number of nitrogens with zero attached hydrogens (tertiary/aromatic N) is 5. The highest BCUT2D eigenvalue weighted by molar-refractivity contribution is 5.97. The van der Waals surface area contributed by atoms with E-state index >= 15 is 0 Å². The molecule has 150 valence electrons. The van der Waals surface area contributed by atoms with E-state index in [2.05, 4.69) is 15.2 Å². The molecule has 29 heavy (non-hydrogen) atoms. The Morgan fingerprint density at radius 2 is 1.93 bits per heavy atom. The number of hydrogen-bond acceptors (Lipinski definition) is 5. The van der Waals surface area contributed by atoms with E-state index in [1.165, 1.54) is 47.5 Å². The molecule has 9 heteroatoms. The average molecular weight is 399 g/mol. The third-order valence-corrected chi connectivity index (χ3v) is 4.80. The molecule has 1 aliphatic heterocycles. The minimum atomic E-state index is -0.497. The highest BCUT2D eigenvalue weighted by atomic mass is 19.1. The molecule has 0 aliphatic carbocycles. The summed E-state index contributed by atoms with van der Waals surface area (Å²) >= 11 is 0. The predicted octanol–water partition coefficient (Wildman–Crippen LogP) is 2.87. The van der Waals surface area contributed by atoms with Crippen LogP contribution in [0.1, 0.15) is 23.2 Å². The quantitative estimate of drug-likeness (QED) is 0.660. The molecule has 0 radical (unpaired) electrons. The molecule has 1 aromatic carbocycles. The second kappa shape index (κ2) is 8.34. The van der Waals surface area contributed by atoms with Crippen LogP contribution in [0.4, 0.5) is 8.78 Å². The molecule has 1 atom stereocenters. The zero-order valence-electron chi connectivity index (χ0n) is 15.5. The van der Waals surface area contributed by atoms with Crippen molar-refractivity contribution >= 4 is 5.91 Å². The monoisotopic (exact) mass is 399 g/mol. The maximum Gasteiger partial charge on any atom is 0.256 e. The molecule has 2 aromatic heterocycles. The standard InChI is InChI=1S/C20H19F2N5O2/c21-15-3-5-18(27-24-7-8-25-27)17(10-15)20(28)26-9-1-2-14(12-26)13-29-19-6-4-16(22)11-23-19/h3-8,10-11,14H,1-2,9,12-13H2. The predicted molar refractivity (Wildman–Crippen MR) is 99.6 cm³/mol. The Morgan fingerprint density at radius 1 is 1.14 bits per heavy atom. The Morgan fingerprint density at radius 3 is 2.69 bits per heavy atom. The fourth-order valence-corrected chi connectivity index (χ4v) is 3.40. The van der Waals surface area contributed by atoms with Gasteiger partial charge in [0.15, 0.2) is 0 Å². The molecule has 1 amide bonds.